The maximum absolute atomic E-state index is 12.9. The average Bonchev–Trinajstić information content (AvgIpc) is 3.04. The van der Waals surface area contributed by atoms with Gasteiger partial charge in [-0.25, -0.2) is 13.7 Å². The molecule has 3 N–H and O–H groups in total. The van der Waals surface area contributed by atoms with Gasteiger partial charge in [-0.2, -0.15) is 0 Å². The number of nitrogens with zero attached hydrogens (tertiary/aromatic N) is 2. The van der Waals surface area contributed by atoms with Gasteiger partial charge in [0.05, 0.1) is 22.8 Å². The normalized spacial score (nSPS) is 12.2. The van der Waals surface area contributed by atoms with Crippen molar-refractivity contribution in [3.05, 3.63) is 70.1 Å². The number of hydrogen-bond donors (Lipinski definition) is 3. The van der Waals surface area contributed by atoms with E-state index in [-0.39, 0.29) is 34.2 Å². The Hall–Kier alpha value is -3.50. The Labute approximate surface area is 167 Å². The average molecular weight is 415 g/mol. The van der Waals surface area contributed by atoms with E-state index in [0.717, 1.165) is 6.21 Å². The van der Waals surface area contributed by atoms with E-state index < -0.39 is 22.6 Å². The number of phenols is 1. The van der Waals surface area contributed by atoms with E-state index in [4.69, 9.17) is 4.74 Å². The van der Waals surface area contributed by atoms with Crippen molar-refractivity contribution < 1.29 is 23.4 Å². The zero-order valence-electron chi connectivity index (χ0n) is 15.2. The van der Waals surface area contributed by atoms with Crippen LogP contribution in [-0.4, -0.2) is 42.4 Å². The molecule has 0 bridgehead atoms. The monoisotopic (exact) mass is 415 g/mol. The summed E-state index contributed by atoms with van der Waals surface area (Å²) in [6.45, 7) is 1.75. The second-order valence-corrected chi connectivity index (χ2v) is 6.72. The van der Waals surface area contributed by atoms with Crippen LogP contribution in [0.25, 0.3) is 5.69 Å². The molecule has 0 fully saturated rings. The number of ether oxygens (including phenoxy) is 1. The van der Waals surface area contributed by atoms with Gasteiger partial charge >= 0.3 is 5.97 Å². The van der Waals surface area contributed by atoms with Gasteiger partial charge in [-0.15, -0.1) is 0 Å². The highest BCUT2D eigenvalue weighted by Gasteiger charge is 2.21. The first-order valence-electron chi connectivity index (χ1n) is 8.48. The summed E-state index contributed by atoms with van der Waals surface area (Å²) in [5.74, 6) is -0.998. The van der Waals surface area contributed by atoms with Crippen LogP contribution in [0.5, 0.6) is 5.75 Å². The minimum atomic E-state index is -2.27. The Morgan fingerprint density at radius 2 is 2.00 bits per heavy atom. The van der Waals surface area contributed by atoms with Gasteiger partial charge in [-0.1, -0.05) is 18.2 Å². The molecule has 0 aliphatic rings. The van der Waals surface area contributed by atoms with E-state index >= 15 is 0 Å². The summed E-state index contributed by atoms with van der Waals surface area (Å²) >= 11 is -2.27. The molecule has 3 rings (SSSR count). The Bertz CT molecular complexity index is 1150. The van der Waals surface area contributed by atoms with Crippen molar-refractivity contribution in [2.45, 2.75) is 11.8 Å². The first-order valence-corrected chi connectivity index (χ1v) is 9.58. The van der Waals surface area contributed by atoms with Gasteiger partial charge in [-0.05, 0) is 37.3 Å². The van der Waals surface area contributed by atoms with Crippen molar-refractivity contribution in [2.24, 2.45) is 4.99 Å². The van der Waals surface area contributed by atoms with E-state index in [1.165, 1.54) is 22.9 Å². The number of aliphatic imine (C=N–C) groups is 1. The van der Waals surface area contributed by atoms with Gasteiger partial charge in [0, 0.05) is 6.21 Å². The molecular formula is C19H17N3O6S. The zero-order valence-corrected chi connectivity index (χ0v) is 16.0. The van der Waals surface area contributed by atoms with Crippen molar-refractivity contribution in [1.82, 2.24) is 9.78 Å². The fraction of sp³-hybridized carbons (Fsp3) is 0.105. The lowest BCUT2D eigenvalue weighted by atomic mass is 10.2. The fourth-order valence-corrected chi connectivity index (χ4v) is 2.93. The predicted octanol–water partition coefficient (Wildman–Crippen LogP) is 2.38. The number of H-pyrrole nitrogens is 1. The van der Waals surface area contributed by atoms with Crippen LogP contribution >= 0.6 is 0 Å². The molecule has 10 heteroatoms. The second kappa shape index (κ2) is 8.67. The third-order valence-corrected chi connectivity index (χ3v) is 4.56. The second-order valence-electron chi connectivity index (χ2n) is 5.75. The number of rotatable bonds is 6. The van der Waals surface area contributed by atoms with Crippen LogP contribution in [0.4, 0.5) is 5.69 Å². The molecule has 0 saturated carbocycles. The van der Waals surface area contributed by atoms with Crippen LogP contribution in [-0.2, 0) is 15.8 Å². The van der Waals surface area contributed by atoms with E-state index in [9.17, 15) is 23.5 Å². The zero-order chi connectivity index (χ0) is 21.0. The van der Waals surface area contributed by atoms with Crippen LogP contribution in [0, 0.1) is 0 Å². The molecule has 0 aliphatic heterocycles. The summed E-state index contributed by atoms with van der Waals surface area (Å²) in [4.78, 5) is 29.2. The number of hydrogen-bond acceptors (Lipinski definition) is 6. The van der Waals surface area contributed by atoms with E-state index in [0.29, 0.717) is 5.69 Å². The van der Waals surface area contributed by atoms with Crippen molar-refractivity contribution in [1.29, 1.82) is 0 Å². The van der Waals surface area contributed by atoms with E-state index in [2.05, 4.69) is 10.1 Å². The highest BCUT2D eigenvalue weighted by atomic mass is 32.2. The van der Waals surface area contributed by atoms with E-state index in [1.807, 2.05) is 0 Å². The minimum Gasteiger partial charge on any atom is -0.506 e. The van der Waals surface area contributed by atoms with Gasteiger partial charge < -0.3 is 14.4 Å². The van der Waals surface area contributed by atoms with Crippen LogP contribution in [0.1, 0.15) is 23.0 Å². The number of benzene rings is 2. The lowest BCUT2D eigenvalue weighted by molar-refractivity contribution is 0.0519. The molecule has 29 heavy (non-hydrogen) atoms. The first-order chi connectivity index (χ1) is 13.9. The highest BCUT2D eigenvalue weighted by Crippen LogP contribution is 2.28. The summed E-state index contributed by atoms with van der Waals surface area (Å²) < 4.78 is 26.6. The molecule has 0 radical (unpaired) electrons. The molecule has 2 aromatic carbocycles. The lowest BCUT2D eigenvalue weighted by Crippen LogP contribution is -2.17. The molecule has 0 saturated heterocycles. The summed E-state index contributed by atoms with van der Waals surface area (Å²) in [7, 11) is 0. The molecule has 0 amide bonds. The largest absolute Gasteiger partial charge is 0.506 e. The molecule has 1 aromatic heterocycles. The standard InChI is InChI=1S/C19H17N3O6S/c1-2-28-19(25)17-14(18(24)22(21-17)12-6-4-3-5-7-12)11-20-15-10-13(29(26)27)8-9-16(15)23/h3-11,21,23H,2H2,1H3,(H,26,27). The first kappa shape index (κ1) is 20.2. The predicted molar refractivity (Wildman–Crippen MR) is 107 cm³/mol. The number of aromatic nitrogens is 2. The molecule has 150 valence electrons. The Morgan fingerprint density at radius 1 is 1.28 bits per heavy atom. The fourth-order valence-electron chi connectivity index (χ4n) is 2.54. The molecule has 3 aromatic rings. The number of carbonyl (C=O) groups is 1. The summed E-state index contributed by atoms with van der Waals surface area (Å²) in [5.41, 5.74) is -0.271. The molecule has 1 heterocycles. The number of para-hydroxylation sites is 1. The molecular weight excluding hydrogens is 398 g/mol. The van der Waals surface area contributed by atoms with E-state index in [1.54, 1.807) is 37.3 Å². The number of aromatic amines is 1. The van der Waals surface area contributed by atoms with Crippen LogP contribution in [0.3, 0.4) is 0 Å². The smallest absolute Gasteiger partial charge is 0.357 e. The summed E-state index contributed by atoms with van der Waals surface area (Å²) in [5, 5.41) is 12.7. The number of esters is 1. The van der Waals surface area contributed by atoms with Crippen molar-refractivity contribution >= 4 is 29.0 Å². The Kier molecular flexibility index (Phi) is 6.05. The van der Waals surface area contributed by atoms with Gasteiger partial charge in [0.1, 0.15) is 11.4 Å². The highest BCUT2D eigenvalue weighted by molar-refractivity contribution is 7.79. The Morgan fingerprint density at radius 3 is 2.66 bits per heavy atom. The molecule has 1 atom stereocenters. The van der Waals surface area contributed by atoms with Crippen LogP contribution in [0.2, 0.25) is 0 Å². The van der Waals surface area contributed by atoms with Crippen molar-refractivity contribution in [3.8, 4) is 11.4 Å². The van der Waals surface area contributed by atoms with Crippen LogP contribution in [0.15, 0.2) is 63.2 Å². The Balaban J connectivity index is 2.11. The van der Waals surface area contributed by atoms with Gasteiger partial charge in [0.15, 0.2) is 16.8 Å². The van der Waals surface area contributed by atoms with Gasteiger partial charge in [0.25, 0.3) is 5.56 Å². The van der Waals surface area contributed by atoms with Gasteiger partial charge in [-0.3, -0.25) is 14.9 Å². The number of nitrogens with one attached hydrogen (secondary N) is 1. The molecule has 9 nitrogen and oxygen atoms in total. The summed E-state index contributed by atoms with van der Waals surface area (Å²) in [6.07, 6.45) is 1.10. The lowest BCUT2D eigenvalue weighted by Gasteiger charge is -2.02. The molecule has 0 aliphatic carbocycles. The molecule has 0 spiro atoms. The van der Waals surface area contributed by atoms with Crippen molar-refractivity contribution in [2.75, 3.05) is 6.61 Å². The van der Waals surface area contributed by atoms with Crippen LogP contribution < -0.4 is 5.56 Å². The maximum Gasteiger partial charge on any atom is 0.357 e. The SMILES string of the molecule is CCOC(=O)c1[nH]n(-c2ccccc2)c(=O)c1C=Nc1cc(S(=O)O)ccc1O. The third kappa shape index (κ3) is 4.33. The third-order valence-electron chi connectivity index (χ3n) is 3.90. The number of phenolic OH excluding ortho intramolecular Hbond substituents is 1. The maximum atomic E-state index is 12.9. The van der Waals surface area contributed by atoms with Gasteiger partial charge in [0.2, 0.25) is 0 Å². The number of aromatic hydroxyl groups is 1. The molecule has 1 unspecified atom stereocenters. The summed E-state index contributed by atoms with van der Waals surface area (Å²) in [6, 6.07) is 12.3. The minimum absolute atomic E-state index is 0.0244. The topological polar surface area (TPSA) is 134 Å². The quantitative estimate of drug-likeness (QED) is 0.321. The van der Waals surface area contributed by atoms with Crippen molar-refractivity contribution in [3.63, 3.8) is 0 Å². The number of carbonyl (C=O) groups excluding carboxylic acids is 1.